The van der Waals surface area contributed by atoms with Gasteiger partial charge in [0, 0.05) is 43.9 Å². The Morgan fingerprint density at radius 2 is 1.89 bits per heavy atom. The summed E-state index contributed by atoms with van der Waals surface area (Å²) in [5, 5.41) is 18.4. The van der Waals surface area contributed by atoms with Crippen LogP contribution >= 0.6 is 0 Å². The van der Waals surface area contributed by atoms with Crippen LogP contribution in [0.25, 0.3) is 0 Å². The molecule has 0 saturated carbocycles. The Labute approximate surface area is 206 Å². The van der Waals surface area contributed by atoms with Gasteiger partial charge in [0.25, 0.3) is 5.91 Å². The van der Waals surface area contributed by atoms with Gasteiger partial charge in [-0.3, -0.25) is 14.6 Å². The summed E-state index contributed by atoms with van der Waals surface area (Å²) in [6.07, 6.45) is 4.79. The van der Waals surface area contributed by atoms with E-state index >= 15 is 0 Å². The molecule has 1 saturated heterocycles. The lowest BCUT2D eigenvalue weighted by molar-refractivity contribution is -0.145. The van der Waals surface area contributed by atoms with E-state index in [9.17, 15) is 9.59 Å². The molecule has 1 aliphatic heterocycles. The van der Waals surface area contributed by atoms with E-state index in [1.54, 1.807) is 0 Å². The summed E-state index contributed by atoms with van der Waals surface area (Å²) in [5.41, 5.74) is 4.70. The SMILES string of the molecule is CN1CCN(N=Cc2ccc(C(=O)Nc3ccc4c(c3)CC(CC(=O)OCCO)CC4)cc2)CC1. The number of piperazine rings is 1. The molecular formula is C27H34N4O4. The number of amides is 1. The molecule has 0 radical (unpaired) electrons. The van der Waals surface area contributed by atoms with E-state index in [0.29, 0.717) is 12.0 Å². The lowest BCUT2D eigenvalue weighted by Crippen LogP contribution is -2.41. The Morgan fingerprint density at radius 3 is 2.63 bits per heavy atom. The molecule has 0 spiro atoms. The molecule has 8 nitrogen and oxygen atoms in total. The Kier molecular flexibility index (Phi) is 8.50. The molecule has 35 heavy (non-hydrogen) atoms. The van der Waals surface area contributed by atoms with Crippen molar-refractivity contribution in [3.63, 3.8) is 0 Å². The minimum absolute atomic E-state index is 0.0440. The van der Waals surface area contributed by atoms with E-state index < -0.39 is 0 Å². The van der Waals surface area contributed by atoms with Crippen molar-refractivity contribution in [2.75, 3.05) is 51.8 Å². The molecule has 1 fully saturated rings. The normalized spacial score (nSPS) is 18.3. The number of hydrogen-bond donors (Lipinski definition) is 2. The molecule has 0 aromatic heterocycles. The smallest absolute Gasteiger partial charge is 0.306 e. The monoisotopic (exact) mass is 478 g/mol. The van der Waals surface area contributed by atoms with Crippen molar-refractivity contribution >= 4 is 23.8 Å². The van der Waals surface area contributed by atoms with Crippen molar-refractivity contribution in [1.82, 2.24) is 9.91 Å². The first-order valence-corrected chi connectivity index (χ1v) is 12.3. The predicted molar refractivity (Wildman–Crippen MR) is 136 cm³/mol. The molecule has 1 aliphatic carbocycles. The number of rotatable bonds is 8. The average molecular weight is 479 g/mol. The molecule has 1 atom stereocenters. The third-order valence-corrected chi connectivity index (χ3v) is 6.63. The lowest BCUT2D eigenvalue weighted by Gasteiger charge is -2.30. The van der Waals surface area contributed by atoms with Gasteiger partial charge < -0.3 is 20.1 Å². The predicted octanol–water partition coefficient (Wildman–Crippen LogP) is 2.55. The molecule has 2 aromatic carbocycles. The Bertz CT molecular complexity index is 1050. The second-order valence-electron chi connectivity index (χ2n) is 9.32. The van der Waals surface area contributed by atoms with E-state index in [2.05, 4.69) is 33.4 Å². The van der Waals surface area contributed by atoms with Crippen LogP contribution in [0.1, 0.15) is 39.9 Å². The average Bonchev–Trinajstić information content (AvgIpc) is 2.87. The largest absolute Gasteiger partial charge is 0.463 e. The molecule has 1 unspecified atom stereocenters. The third-order valence-electron chi connectivity index (χ3n) is 6.63. The van der Waals surface area contributed by atoms with E-state index in [1.165, 1.54) is 5.56 Å². The summed E-state index contributed by atoms with van der Waals surface area (Å²) in [4.78, 5) is 27.0. The molecule has 1 heterocycles. The molecule has 2 aliphatic rings. The number of nitrogens with one attached hydrogen (secondary N) is 1. The van der Waals surface area contributed by atoms with Crippen LogP contribution in [0.4, 0.5) is 5.69 Å². The zero-order valence-corrected chi connectivity index (χ0v) is 20.3. The number of nitrogens with zero attached hydrogens (tertiary/aromatic N) is 3. The summed E-state index contributed by atoms with van der Waals surface area (Å²) >= 11 is 0. The zero-order valence-electron chi connectivity index (χ0n) is 20.3. The van der Waals surface area contributed by atoms with Crippen LogP contribution in [-0.2, 0) is 22.4 Å². The van der Waals surface area contributed by atoms with Crippen LogP contribution in [0.3, 0.4) is 0 Å². The number of hydrogen-bond acceptors (Lipinski definition) is 7. The first kappa shape index (κ1) is 24.9. The number of benzene rings is 2. The standard InChI is InChI=1S/C27H34N4O4/c1-30-10-12-31(13-11-30)28-19-20-2-6-23(7-3-20)27(34)29-25-9-8-22-5-4-21(16-24(22)18-25)17-26(33)35-15-14-32/h2-3,6-9,18-19,21,32H,4-5,10-17H2,1H3,(H,29,34). The van der Waals surface area contributed by atoms with E-state index in [1.807, 2.05) is 42.6 Å². The Morgan fingerprint density at radius 1 is 1.11 bits per heavy atom. The zero-order chi connectivity index (χ0) is 24.6. The van der Waals surface area contributed by atoms with Crippen molar-refractivity contribution in [3.8, 4) is 0 Å². The van der Waals surface area contributed by atoms with Gasteiger partial charge in [0.05, 0.1) is 12.8 Å². The molecule has 8 heteroatoms. The van der Waals surface area contributed by atoms with E-state index in [0.717, 1.165) is 62.3 Å². The van der Waals surface area contributed by atoms with Crippen molar-refractivity contribution in [2.24, 2.45) is 11.0 Å². The van der Waals surface area contributed by atoms with Crippen molar-refractivity contribution < 1.29 is 19.4 Å². The van der Waals surface area contributed by atoms with Crippen LogP contribution < -0.4 is 5.32 Å². The van der Waals surface area contributed by atoms with Gasteiger partial charge in [0.15, 0.2) is 0 Å². The summed E-state index contributed by atoms with van der Waals surface area (Å²) in [7, 11) is 2.12. The minimum Gasteiger partial charge on any atom is -0.463 e. The van der Waals surface area contributed by atoms with Gasteiger partial charge in [-0.2, -0.15) is 5.10 Å². The van der Waals surface area contributed by atoms with Crippen LogP contribution in [0, 0.1) is 5.92 Å². The molecule has 2 N–H and O–H groups in total. The Hall–Kier alpha value is -3.23. The summed E-state index contributed by atoms with van der Waals surface area (Å²) in [5.74, 6) is -0.221. The maximum absolute atomic E-state index is 12.8. The van der Waals surface area contributed by atoms with Gasteiger partial charge in [0.1, 0.15) is 6.61 Å². The lowest BCUT2D eigenvalue weighted by atomic mass is 9.82. The second kappa shape index (κ2) is 12.0. The number of likely N-dealkylation sites (N-methyl/N-ethyl adjacent to an activating group) is 1. The van der Waals surface area contributed by atoms with Crippen LogP contribution in [0.5, 0.6) is 0 Å². The fraction of sp³-hybridized carbons (Fsp3) is 0.444. The highest BCUT2D eigenvalue weighted by Gasteiger charge is 2.22. The number of carbonyl (C=O) groups excluding carboxylic acids is 2. The van der Waals surface area contributed by atoms with Gasteiger partial charge >= 0.3 is 5.97 Å². The number of carbonyl (C=O) groups is 2. The maximum atomic E-state index is 12.8. The number of aliphatic hydroxyl groups is 1. The van der Waals surface area contributed by atoms with E-state index in [4.69, 9.17) is 9.84 Å². The van der Waals surface area contributed by atoms with Gasteiger partial charge in [-0.25, -0.2) is 0 Å². The number of anilines is 1. The van der Waals surface area contributed by atoms with Crippen LogP contribution in [-0.4, -0.2) is 79.5 Å². The highest BCUT2D eigenvalue weighted by atomic mass is 16.5. The topological polar surface area (TPSA) is 94.5 Å². The number of fused-ring (bicyclic) bond motifs is 1. The van der Waals surface area contributed by atoms with Gasteiger partial charge in [0.2, 0.25) is 0 Å². The molecule has 1 amide bonds. The third kappa shape index (κ3) is 7.13. The fourth-order valence-electron chi connectivity index (χ4n) is 4.52. The quantitative estimate of drug-likeness (QED) is 0.447. The van der Waals surface area contributed by atoms with Gasteiger partial charge in [-0.15, -0.1) is 0 Å². The summed E-state index contributed by atoms with van der Waals surface area (Å²) in [6, 6.07) is 13.4. The molecule has 4 rings (SSSR count). The van der Waals surface area contributed by atoms with Crippen molar-refractivity contribution in [2.45, 2.75) is 25.7 Å². The molecule has 2 aromatic rings. The van der Waals surface area contributed by atoms with E-state index in [-0.39, 0.29) is 31.0 Å². The summed E-state index contributed by atoms with van der Waals surface area (Å²) in [6.45, 7) is 3.75. The second-order valence-corrected chi connectivity index (χ2v) is 9.32. The first-order valence-electron chi connectivity index (χ1n) is 12.3. The number of esters is 1. The highest BCUT2D eigenvalue weighted by Crippen LogP contribution is 2.30. The first-order chi connectivity index (χ1) is 17.0. The van der Waals surface area contributed by atoms with Crippen LogP contribution in [0.15, 0.2) is 47.6 Å². The fourth-order valence-corrected chi connectivity index (χ4v) is 4.52. The number of aliphatic hydroxyl groups excluding tert-OH is 1. The molecule has 0 bridgehead atoms. The molecule has 186 valence electrons. The number of hydrazone groups is 1. The van der Waals surface area contributed by atoms with Crippen molar-refractivity contribution in [3.05, 3.63) is 64.7 Å². The van der Waals surface area contributed by atoms with Crippen molar-refractivity contribution in [1.29, 1.82) is 0 Å². The van der Waals surface area contributed by atoms with Crippen LogP contribution in [0.2, 0.25) is 0 Å². The minimum atomic E-state index is -0.269. The number of aryl methyl sites for hydroxylation is 1. The van der Waals surface area contributed by atoms with Gasteiger partial charge in [-0.1, -0.05) is 18.2 Å². The number of ether oxygens (including phenoxy) is 1. The molecular weight excluding hydrogens is 444 g/mol. The maximum Gasteiger partial charge on any atom is 0.306 e. The van der Waals surface area contributed by atoms with Gasteiger partial charge in [-0.05, 0) is 73.2 Å². The summed E-state index contributed by atoms with van der Waals surface area (Å²) < 4.78 is 5.01. The highest BCUT2D eigenvalue weighted by molar-refractivity contribution is 6.04. The Balaban J connectivity index is 1.32.